The van der Waals surface area contributed by atoms with E-state index in [4.69, 9.17) is 5.11 Å². The molecule has 1 aromatic rings. The fraction of sp³-hybridized carbons (Fsp3) is 0.500. The van der Waals surface area contributed by atoms with Crippen LogP contribution < -0.4 is 10.6 Å². The molecule has 1 amide bonds. The monoisotopic (exact) mass is 267 g/mol. The van der Waals surface area contributed by atoms with Crippen LogP contribution in [0, 0.1) is 5.41 Å². The van der Waals surface area contributed by atoms with Crippen LogP contribution >= 0.6 is 11.3 Å². The lowest BCUT2D eigenvalue weighted by molar-refractivity contribution is 0.0939. The fourth-order valence-electron chi connectivity index (χ4n) is 1.54. The van der Waals surface area contributed by atoms with Crippen LogP contribution in [0.1, 0.15) is 22.5 Å². The standard InChI is InChI=1S/C12H17N3O2S/c1-2-5-13-11-14-6-9(18-11)10(17)15-7-12(8-16)3-4-12/h2,6,16H,1,3-5,7-8H2,(H,13,14)(H,15,17). The van der Waals surface area contributed by atoms with Crippen molar-refractivity contribution >= 4 is 22.4 Å². The molecule has 0 saturated heterocycles. The summed E-state index contributed by atoms with van der Waals surface area (Å²) in [6.45, 7) is 4.91. The Bertz CT molecular complexity index is 440. The van der Waals surface area contributed by atoms with Gasteiger partial charge in [-0.25, -0.2) is 4.98 Å². The molecule has 1 aromatic heterocycles. The first-order valence-corrected chi connectivity index (χ1v) is 6.70. The molecule has 0 spiro atoms. The SMILES string of the molecule is C=CCNc1ncc(C(=O)NCC2(CO)CC2)s1. The topological polar surface area (TPSA) is 74.2 Å². The second kappa shape index (κ2) is 5.49. The van der Waals surface area contributed by atoms with Gasteiger partial charge in [-0.05, 0) is 12.8 Å². The number of hydrogen-bond acceptors (Lipinski definition) is 5. The maximum absolute atomic E-state index is 11.9. The molecule has 98 valence electrons. The maximum atomic E-state index is 11.9. The Morgan fingerprint density at radius 3 is 3.06 bits per heavy atom. The molecule has 0 atom stereocenters. The third-order valence-electron chi connectivity index (χ3n) is 3.04. The molecule has 2 rings (SSSR count). The fourth-order valence-corrected chi connectivity index (χ4v) is 2.28. The van der Waals surface area contributed by atoms with E-state index in [2.05, 4.69) is 22.2 Å². The van der Waals surface area contributed by atoms with Crippen molar-refractivity contribution in [1.29, 1.82) is 0 Å². The van der Waals surface area contributed by atoms with Gasteiger partial charge in [0.1, 0.15) is 4.88 Å². The molecule has 1 aliphatic rings. The number of amides is 1. The number of rotatable bonds is 7. The normalized spacial score (nSPS) is 16.1. The van der Waals surface area contributed by atoms with Crippen LogP contribution in [0.2, 0.25) is 0 Å². The quantitative estimate of drug-likeness (QED) is 0.650. The van der Waals surface area contributed by atoms with Crippen LogP contribution in [-0.4, -0.2) is 35.7 Å². The molecule has 0 bridgehead atoms. The predicted octanol–water partition coefficient (Wildman–Crippen LogP) is 1.24. The lowest BCUT2D eigenvalue weighted by Crippen LogP contribution is -2.31. The van der Waals surface area contributed by atoms with E-state index in [1.165, 1.54) is 11.3 Å². The van der Waals surface area contributed by atoms with Crippen molar-refractivity contribution in [1.82, 2.24) is 10.3 Å². The highest BCUT2D eigenvalue weighted by Gasteiger charge is 2.42. The van der Waals surface area contributed by atoms with E-state index < -0.39 is 0 Å². The van der Waals surface area contributed by atoms with Gasteiger partial charge in [0.15, 0.2) is 5.13 Å². The van der Waals surface area contributed by atoms with E-state index in [9.17, 15) is 4.79 Å². The minimum Gasteiger partial charge on any atom is -0.396 e. The van der Waals surface area contributed by atoms with E-state index in [0.717, 1.165) is 12.8 Å². The van der Waals surface area contributed by atoms with Gasteiger partial charge in [0.05, 0.1) is 12.8 Å². The van der Waals surface area contributed by atoms with Gasteiger partial charge in [-0.2, -0.15) is 0 Å². The average Bonchev–Trinajstić information content (AvgIpc) is 3.03. The molecule has 0 aliphatic heterocycles. The number of carbonyl (C=O) groups is 1. The van der Waals surface area contributed by atoms with Gasteiger partial charge >= 0.3 is 0 Å². The number of hydrogen-bond donors (Lipinski definition) is 3. The first-order chi connectivity index (χ1) is 8.69. The molecule has 5 nitrogen and oxygen atoms in total. The van der Waals surface area contributed by atoms with Crippen molar-refractivity contribution in [2.45, 2.75) is 12.8 Å². The predicted molar refractivity (Wildman–Crippen MR) is 71.9 cm³/mol. The van der Waals surface area contributed by atoms with Crippen molar-refractivity contribution in [3.8, 4) is 0 Å². The Hall–Kier alpha value is -1.40. The number of thiazole rings is 1. The number of nitrogens with zero attached hydrogens (tertiary/aromatic N) is 1. The lowest BCUT2D eigenvalue weighted by atomic mass is 10.1. The van der Waals surface area contributed by atoms with E-state index >= 15 is 0 Å². The van der Waals surface area contributed by atoms with Crippen molar-refractivity contribution in [2.24, 2.45) is 5.41 Å². The van der Waals surface area contributed by atoms with Crippen LogP contribution in [0.15, 0.2) is 18.9 Å². The molecular weight excluding hydrogens is 250 g/mol. The summed E-state index contributed by atoms with van der Waals surface area (Å²) in [4.78, 5) is 16.5. The van der Waals surface area contributed by atoms with Crippen LogP contribution in [0.25, 0.3) is 0 Å². The number of carbonyl (C=O) groups excluding carboxylic acids is 1. The summed E-state index contributed by atoms with van der Waals surface area (Å²) < 4.78 is 0. The summed E-state index contributed by atoms with van der Waals surface area (Å²) in [6, 6.07) is 0. The molecule has 18 heavy (non-hydrogen) atoms. The largest absolute Gasteiger partial charge is 0.396 e. The Morgan fingerprint density at radius 1 is 1.67 bits per heavy atom. The summed E-state index contributed by atoms with van der Waals surface area (Å²) in [5.41, 5.74) is -0.0652. The molecule has 0 radical (unpaired) electrons. The van der Waals surface area contributed by atoms with Gasteiger partial charge in [0.25, 0.3) is 5.91 Å². The van der Waals surface area contributed by atoms with E-state index in [-0.39, 0.29) is 17.9 Å². The van der Waals surface area contributed by atoms with Gasteiger partial charge < -0.3 is 15.7 Å². The van der Waals surface area contributed by atoms with Crippen molar-refractivity contribution < 1.29 is 9.90 Å². The van der Waals surface area contributed by atoms with Crippen molar-refractivity contribution in [2.75, 3.05) is 25.0 Å². The minimum atomic E-state index is -0.126. The van der Waals surface area contributed by atoms with Crippen LogP contribution in [-0.2, 0) is 0 Å². The van der Waals surface area contributed by atoms with Crippen molar-refractivity contribution in [3.63, 3.8) is 0 Å². The first-order valence-electron chi connectivity index (χ1n) is 5.89. The zero-order chi connectivity index (χ0) is 13.0. The molecule has 1 saturated carbocycles. The number of aliphatic hydroxyl groups excluding tert-OH is 1. The summed E-state index contributed by atoms with van der Waals surface area (Å²) in [7, 11) is 0. The average molecular weight is 267 g/mol. The molecule has 3 N–H and O–H groups in total. The second-order valence-corrected chi connectivity index (χ2v) is 5.57. The maximum Gasteiger partial charge on any atom is 0.263 e. The smallest absolute Gasteiger partial charge is 0.263 e. The van der Waals surface area contributed by atoms with Gasteiger partial charge in [-0.15, -0.1) is 6.58 Å². The van der Waals surface area contributed by atoms with E-state index in [1.54, 1.807) is 12.3 Å². The third-order valence-corrected chi connectivity index (χ3v) is 4.00. The lowest BCUT2D eigenvalue weighted by Gasteiger charge is -2.11. The molecule has 1 fully saturated rings. The third kappa shape index (κ3) is 3.08. The molecule has 0 aromatic carbocycles. The summed E-state index contributed by atoms with van der Waals surface area (Å²) >= 11 is 1.31. The second-order valence-electron chi connectivity index (χ2n) is 4.54. The Kier molecular flexibility index (Phi) is 3.98. The Morgan fingerprint density at radius 2 is 2.44 bits per heavy atom. The first kappa shape index (κ1) is 13.0. The highest BCUT2D eigenvalue weighted by molar-refractivity contribution is 7.17. The minimum absolute atomic E-state index is 0.0652. The van der Waals surface area contributed by atoms with E-state index in [0.29, 0.717) is 23.1 Å². The number of aliphatic hydroxyl groups is 1. The summed E-state index contributed by atoms with van der Waals surface area (Å²) in [5, 5.41) is 15.8. The zero-order valence-electron chi connectivity index (χ0n) is 10.1. The number of nitrogens with one attached hydrogen (secondary N) is 2. The van der Waals surface area contributed by atoms with Crippen LogP contribution in [0.3, 0.4) is 0 Å². The zero-order valence-corrected chi connectivity index (χ0v) is 10.9. The van der Waals surface area contributed by atoms with Gasteiger partial charge in [-0.3, -0.25) is 4.79 Å². The number of aromatic nitrogens is 1. The summed E-state index contributed by atoms with van der Waals surface area (Å²) in [6.07, 6.45) is 5.26. The summed E-state index contributed by atoms with van der Waals surface area (Å²) in [5.74, 6) is -0.126. The molecule has 1 heterocycles. The Balaban J connectivity index is 1.84. The molecule has 1 aliphatic carbocycles. The van der Waals surface area contributed by atoms with Gasteiger partial charge in [0.2, 0.25) is 0 Å². The van der Waals surface area contributed by atoms with Gasteiger partial charge in [-0.1, -0.05) is 17.4 Å². The molecule has 0 unspecified atom stereocenters. The van der Waals surface area contributed by atoms with Crippen LogP contribution in [0.5, 0.6) is 0 Å². The highest BCUT2D eigenvalue weighted by Crippen LogP contribution is 2.44. The highest BCUT2D eigenvalue weighted by atomic mass is 32.1. The van der Waals surface area contributed by atoms with Gasteiger partial charge in [0, 0.05) is 18.5 Å². The van der Waals surface area contributed by atoms with E-state index in [1.807, 2.05) is 0 Å². The molecular formula is C12H17N3O2S. The van der Waals surface area contributed by atoms with Crippen molar-refractivity contribution in [3.05, 3.63) is 23.7 Å². The molecule has 6 heteroatoms. The number of anilines is 1. The Labute approximate surface area is 110 Å². The van der Waals surface area contributed by atoms with Crippen LogP contribution in [0.4, 0.5) is 5.13 Å².